The van der Waals surface area contributed by atoms with Gasteiger partial charge in [0.05, 0.1) is 25.7 Å². The molecule has 1 aliphatic rings. The summed E-state index contributed by atoms with van der Waals surface area (Å²) in [5.74, 6) is 0.374. The topological polar surface area (TPSA) is 91.2 Å². The highest BCUT2D eigenvalue weighted by molar-refractivity contribution is 5.94. The van der Waals surface area contributed by atoms with Crippen molar-refractivity contribution in [2.45, 2.75) is 19.0 Å². The fourth-order valence-corrected chi connectivity index (χ4v) is 2.27. The molecule has 20 heavy (non-hydrogen) atoms. The van der Waals surface area contributed by atoms with Gasteiger partial charge in [0.2, 0.25) is 11.8 Å². The van der Waals surface area contributed by atoms with E-state index in [9.17, 15) is 9.59 Å². The summed E-state index contributed by atoms with van der Waals surface area (Å²) in [4.78, 5) is 32.5. The van der Waals surface area contributed by atoms with Gasteiger partial charge in [0.15, 0.2) is 0 Å². The standard InChI is InChI=1S/C13H14N4O3/c18-12-6-15-13(19)11(4-9-5-14-8-16-9)17(12)7-10-2-1-3-20-10/h1-3,5,8,11H,4,6-7H2,(H,14,16)(H,15,19)/t11-/m1/s1. The maximum atomic E-state index is 12.0. The molecule has 1 aliphatic heterocycles. The van der Waals surface area contributed by atoms with E-state index in [1.165, 1.54) is 0 Å². The van der Waals surface area contributed by atoms with Crippen molar-refractivity contribution in [2.75, 3.05) is 6.54 Å². The molecule has 0 saturated carbocycles. The number of H-pyrrole nitrogens is 1. The minimum atomic E-state index is -0.554. The number of carbonyl (C=O) groups excluding carboxylic acids is 2. The van der Waals surface area contributed by atoms with E-state index in [0.29, 0.717) is 12.2 Å². The average molecular weight is 274 g/mol. The van der Waals surface area contributed by atoms with Crippen LogP contribution in [0.1, 0.15) is 11.5 Å². The fourth-order valence-electron chi connectivity index (χ4n) is 2.27. The van der Waals surface area contributed by atoms with Crippen LogP contribution < -0.4 is 5.32 Å². The molecule has 2 aromatic heterocycles. The Kier molecular flexibility index (Phi) is 3.24. The maximum Gasteiger partial charge on any atom is 0.243 e. The van der Waals surface area contributed by atoms with Gasteiger partial charge in [0, 0.05) is 18.3 Å². The molecule has 0 aromatic carbocycles. The lowest BCUT2D eigenvalue weighted by molar-refractivity contribution is -0.146. The lowest BCUT2D eigenvalue weighted by Crippen LogP contribution is -2.58. The molecule has 1 saturated heterocycles. The maximum absolute atomic E-state index is 12.0. The number of piperazine rings is 1. The van der Waals surface area contributed by atoms with Crippen LogP contribution in [0, 0.1) is 0 Å². The molecule has 0 aliphatic carbocycles. The molecule has 3 heterocycles. The largest absolute Gasteiger partial charge is 0.467 e. The number of nitrogens with one attached hydrogen (secondary N) is 2. The van der Waals surface area contributed by atoms with Gasteiger partial charge < -0.3 is 19.6 Å². The van der Waals surface area contributed by atoms with Crippen molar-refractivity contribution in [3.8, 4) is 0 Å². The SMILES string of the molecule is O=C1NCC(=O)N(Cc2ccco2)[C@@H]1Cc1cnc[nH]1. The van der Waals surface area contributed by atoms with Crippen LogP contribution in [0.5, 0.6) is 0 Å². The summed E-state index contributed by atoms with van der Waals surface area (Å²) in [5, 5.41) is 2.61. The van der Waals surface area contributed by atoms with E-state index in [0.717, 1.165) is 5.69 Å². The Morgan fingerprint density at radius 2 is 2.35 bits per heavy atom. The second-order valence-electron chi connectivity index (χ2n) is 4.62. The first-order chi connectivity index (χ1) is 9.74. The zero-order valence-electron chi connectivity index (χ0n) is 10.7. The monoisotopic (exact) mass is 274 g/mol. The first-order valence-corrected chi connectivity index (χ1v) is 6.31. The van der Waals surface area contributed by atoms with Gasteiger partial charge in [0.25, 0.3) is 0 Å². The van der Waals surface area contributed by atoms with Crippen molar-refractivity contribution in [3.63, 3.8) is 0 Å². The number of rotatable bonds is 4. The van der Waals surface area contributed by atoms with Gasteiger partial charge >= 0.3 is 0 Å². The Labute approximate surface area is 115 Å². The number of amides is 2. The van der Waals surface area contributed by atoms with Crippen molar-refractivity contribution in [1.29, 1.82) is 0 Å². The molecule has 2 amide bonds. The van der Waals surface area contributed by atoms with Gasteiger partial charge in [-0.15, -0.1) is 0 Å². The van der Waals surface area contributed by atoms with Crippen molar-refractivity contribution < 1.29 is 14.0 Å². The minimum Gasteiger partial charge on any atom is -0.467 e. The first-order valence-electron chi connectivity index (χ1n) is 6.31. The molecule has 0 bridgehead atoms. The molecule has 1 atom stereocenters. The Morgan fingerprint density at radius 3 is 3.05 bits per heavy atom. The third-order valence-electron chi connectivity index (χ3n) is 3.29. The van der Waals surface area contributed by atoms with Crippen LogP contribution in [0.3, 0.4) is 0 Å². The van der Waals surface area contributed by atoms with Gasteiger partial charge in [-0.2, -0.15) is 0 Å². The normalized spacial score (nSPS) is 19.2. The third-order valence-corrected chi connectivity index (χ3v) is 3.29. The highest BCUT2D eigenvalue weighted by Crippen LogP contribution is 2.15. The van der Waals surface area contributed by atoms with Crippen LogP contribution in [0.15, 0.2) is 35.3 Å². The molecular formula is C13H14N4O3. The van der Waals surface area contributed by atoms with E-state index in [1.54, 1.807) is 35.8 Å². The number of furan rings is 1. The second kappa shape index (κ2) is 5.20. The molecule has 3 rings (SSSR count). The van der Waals surface area contributed by atoms with E-state index < -0.39 is 6.04 Å². The second-order valence-corrected chi connectivity index (χ2v) is 4.62. The van der Waals surface area contributed by atoms with Gasteiger partial charge in [-0.3, -0.25) is 9.59 Å². The molecule has 0 unspecified atom stereocenters. The Balaban J connectivity index is 1.81. The number of aromatic amines is 1. The average Bonchev–Trinajstić information content (AvgIpc) is 3.11. The predicted molar refractivity (Wildman–Crippen MR) is 68.3 cm³/mol. The summed E-state index contributed by atoms with van der Waals surface area (Å²) < 4.78 is 5.26. The molecule has 7 nitrogen and oxygen atoms in total. The molecule has 1 fully saturated rings. The summed E-state index contributed by atoms with van der Waals surface area (Å²) in [6.07, 6.45) is 5.15. The smallest absolute Gasteiger partial charge is 0.243 e. The number of nitrogens with zero attached hydrogens (tertiary/aromatic N) is 2. The molecule has 7 heteroatoms. The number of imidazole rings is 1. The van der Waals surface area contributed by atoms with E-state index in [1.807, 2.05) is 0 Å². The van der Waals surface area contributed by atoms with E-state index in [4.69, 9.17) is 4.42 Å². The third kappa shape index (κ3) is 2.42. The highest BCUT2D eigenvalue weighted by Gasteiger charge is 2.35. The molecule has 104 valence electrons. The van der Waals surface area contributed by atoms with Gasteiger partial charge in [-0.1, -0.05) is 0 Å². The highest BCUT2D eigenvalue weighted by atomic mass is 16.3. The van der Waals surface area contributed by atoms with Gasteiger partial charge in [0.1, 0.15) is 11.8 Å². The van der Waals surface area contributed by atoms with Gasteiger partial charge in [-0.05, 0) is 12.1 Å². The van der Waals surface area contributed by atoms with Crippen molar-refractivity contribution >= 4 is 11.8 Å². The van der Waals surface area contributed by atoms with Crippen LogP contribution in [0.2, 0.25) is 0 Å². The lowest BCUT2D eigenvalue weighted by Gasteiger charge is -2.34. The van der Waals surface area contributed by atoms with Crippen LogP contribution in [-0.2, 0) is 22.6 Å². The predicted octanol–water partition coefficient (Wildman–Crippen LogP) is 0.0724. The fraction of sp³-hybridized carbons (Fsp3) is 0.308. The van der Waals surface area contributed by atoms with Crippen molar-refractivity contribution in [3.05, 3.63) is 42.4 Å². The minimum absolute atomic E-state index is 0.0268. The lowest BCUT2D eigenvalue weighted by atomic mass is 10.1. The van der Waals surface area contributed by atoms with E-state index in [-0.39, 0.29) is 24.9 Å². The Morgan fingerprint density at radius 1 is 1.45 bits per heavy atom. The first kappa shape index (κ1) is 12.5. The molecule has 2 N–H and O–H groups in total. The number of carbonyl (C=O) groups is 2. The Hall–Kier alpha value is -2.57. The quantitative estimate of drug-likeness (QED) is 0.825. The summed E-state index contributed by atoms with van der Waals surface area (Å²) in [6, 6.07) is 2.99. The molecular weight excluding hydrogens is 260 g/mol. The van der Waals surface area contributed by atoms with Crippen LogP contribution in [0.4, 0.5) is 0 Å². The van der Waals surface area contributed by atoms with Crippen molar-refractivity contribution in [1.82, 2.24) is 20.2 Å². The summed E-state index contributed by atoms with van der Waals surface area (Å²) >= 11 is 0. The van der Waals surface area contributed by atoms with Crippen molar-refractivity contribution in [2.24, 2.45) is 0 Å². The number of aromatic nitrogens is 2. The number of hydrogen-bond donors (Lipinski definition) is 2. The summed E-state index contributed by atoms with van der Waals surface area (Å²) in [5.41, 5.74) is 0.810. The zero-order chi connectivity index (χ0) is 13.9. The Bertz CT molecular complexity index is 537. The van der Waals surface area contributed by atoms with Crippen LogP contribution in [0.25, 0.3) is 0 Å². The van der Waals surface area contributed by atoms with Crippen LogP contribution in [-0.4, -0.2) is 39.3 Å². The molecule has 0 spiro atoms. The van der Waals surface area contributed by atoms with Crippen LogP contribution >= 0.6 is 0 Å². The summed E-state index contributed by atoms with van der Waals surface area (Å²) in [7, 11) is 0. The molecule has 2 aromatic rings. The number of hydrogen-bond acceptors (Lipinski definition) is 4. The summed E-state index contributed by atoms with van der Waals surface area (Å²) in [6.45, 7) is 0.317. The zero-order valence-corrected chi connectivity index (χ0v) is 10.7. The van der Waals surface area contributed by atoms with E-state index >= 15 is 0 Å². The van der Waals surface area contributed by atoms with E-state index in [2.05, 4.69) is 15.3 Å². The van der Waals surface area contributed by atoms with Gasteiger partial charge in [-0.25, -0.2) is 4.98 Å². The molecule has 0 radical (unpaired) electrons.